The Morgan fingerprint density at radius 1 is 1.24 bits per heavy atom. The summed E-state index contributed by atoms with van der Waals surface area (Å²) in [6.07, 6.45) is 3.69. The lowest BCUT2D eigenvalue weighted by Crippen LogP contribution is -2.46. The van der Waals surface area contributed by atoms with E-state index in [-0.39, 0.29) is 0 Å². The molecule has 1 fully saturated rings. The summed E-state index contributed by atoms with van der Waals surface area (Å²) in [6.45, 7) is 4.63. The highest BCUT2D eigenvalue weighted by atomic mass is 15.2. The molecule has 92 valence electrons. The molecule has 3 rings (SSSR count). The van der Waals surface area contributed by atoms with Crippen LogP contribution in [-0.2, 0) is 6.42 Å². The van der Waals surface area contributed by atoms with Crippen LogP contribution in [0.25, 0.3) is 0 Å². The fourth-order valence-corrected chi connectivity index (χ4v) is 3.39. The summed E-state index contributed by atoms with van der Waals surface area (Å²) in [5, 5.41) is 0. The normalized spacial score (nSPS) is 33.6. The predicted molar refractivity (Wildman–Crippen MR) is 70.8 cm³/mol. The molecule has 1 aliphatic carbocycles. The lowest BCUT2D eigenvalue weighted by molar-refractivity contribution is 0.116. The molecule has 0 spiro atoms. The van der Waals surface area contributed by atoms with Crippen LogP contribution < -0.4 is 5.73 Å². The van der Waals surface area contributed by atoms with E-state index in [2.05, 4.69) is 36.1 Å². The molecule has 2 heteroatoms. The SMILES string of the molecule is CC1CN(C2CCc3ccccc32)CCC1N. The molecule has 3 atom stereocenters. The summed E-state index contributed by atoms with van der Waals surface area (Å²) in [7, 11) is 0. The van der Waals surface area contributed by atoms with Gasteiger partial charge >= 0.3 is 0 Å². The van der Waals surface area contributed by atoms with Gasteiger partial charge in [0.25, 0.3) is 0 Å². The fraction of sp³-hybridized carbons (Fsp3) is 0.600. The largest absolute Gasteiger partial charge is 0.327 e. The second-order valence-corrected chi connectivity index (χ2v) is 5.68. The lowest BCUT2D eigenvalue weighted by atomic mass is 9.92. The zero-order chi connectivity index (χ0) is 11.8. The van der Waals surface area contributed by atoms with E-state index in [1.807, 2.05) is 0 Å². The van der Waals surface area contributed by atoms with Crippen LogP contribution in [0.5, 0.6) is 0 Å². The maximum Gasteiger partial charge on any atom is 0.0354 e. The number of hydrogen-bond acceptors (Lipinski definition) is 2. The van der Waals surface area contributed by atoms with Gasteiger partial charge in [0.1, 0.15) is 0 Å². The Balaban J connectivity index is 1.78. The first-order valence-electron chi connectivity index (χ1n) is 6.83. The van der Waals surface area contributed by atoms with Crippen LogP contribution in [0.15, 0.2) is 24.3 Å². The van der Waals surface area contributed by atoms with Crippen molar-refractivity contribution in [3.63, 3.8) is 0 Å². The number of likely N-dealkylation sites (tertiary alicyclic amines) is 1. The predicted octanol–water partition coefficient (Wildman–Crippen LogP) is 2.34. The summed E-state index contributed by atoms with van der Waals surface area (Å²) in [4.78, 5) is 2.65. The number of aryl methyl sites for hydroxylation is 1. The van der Waals surface area contributed by atoms with Crippen molar-refractivity contribution in [3.8, 4) is 0 Å². The molecule has 1 aliphatic heterocycles. The summed E-state index contributed by atoms with van der Waals surface area (Å²) < 4.78 is 0. The number of nitrogens with zero attached hydrogens (tertiary/aromatic N) is 1. The second kappa shape index (κ2) is 4.43. The average Bonchev–Trinajstić information content (AvgIpc) is 2.76. The molecule has 1 aromatic rings. The number of benzene rings is 1. The molecule has 0 bridgehead atoms. The van der Waals surface area contributed by atoms with Gasteiger partial charge in [-0.05, 0) is 36.3 Å². The van der Waals surface area contributed by atoms with Crippen molar-refractivity contribution in [2.75, 3.05) is 13.1 Å². The Bertz CT molecular complexity index is 402. The molecule has 2 aliphatic rings. The highest BCUT2D eigenvalue weighted by molar-refractivity contribution is 5.34. The molecule has 1 saturated heterocycles. The first kappa shape index (κ1) is 11.2. The third-order valence-corrected chi connectivity index (χ3v) is 4.55. The standard InChI is InChI=1S/C15H22N2/c1-11-10-17(9-8-14(11)16)15-7-6-12-4-2-3-5-13(12)15/h2-5,11,14-15H,6-10,16H2,1H3. The van der Waals surface area contributed by atoms with Gasteiger partial charge in [-0.25, -0.2) is 0 Å². The molecular weight excluding hydrogens is 208 g/mol. The van der Waals surface area contributed by atoms with Gasteiger partial charge in [0.05, 0.1) is 0 Å². The minimum atomic E-state index is 0.405. The van der Waals surface area contributed by atoms with Gasteiger partial charge in [-0.2, -0.15) is 0 Å². The zero-order valence-corrected chi connectivity index (χ0v) is 10.6. The summed E-state index contributed by atoms with van der Waals surface area (Å²) in [5.74, 6) is 0.636. The van der Waals surface area contributed by atoms with Crippen molar-refractivity contribution in [2.45, 2.75) is 38.3 Å². The average molecular weight is 230 g/mol. The van der Waals surface area contributed by atoms with Crippen LogP contribution in [0.3, 0.4) is 0 Å². The van der Waals surface area contributed by atoms with Crippen LogP contribution >= 0.6 is 0 Å². The topological polar surface area (TPSA) is 29.3 Å². The van der Waals surface area contributed by atoms with Crippen LogP contribution in [0.4, 0.5) is 0 Å². The first-order valence-corrected chi connectivity index (χ1v) is 6.83. The Labute approximate surface area is 104 Å². The molecule has 0 saturated carbocycles. The molecule has 0 aromatic heterocycles. The smallest absolute Gasteiger partial charge is 0.0354 e. The van der Waals surface area contributed by atoms with Crippen LogP contribution in [0.1, 0.15) is 36.9 Å². The summed E-state index contributed by atoms with van der Waals surface area (Å²) in [6, 6.07) is 10.00. The molecule has 1 heterocycles. The minimum absolute atomic E-state index is 0.405. The van der Waals surface area contributed by atoms with Gasteiger partial charge in [0.2, 0.25) is 0 Å². The van der Waals surface area contributed by atoms with Gasteiger partial charge in [0.15, 0.2) is 0 Å². The van der Waals surface area contributed by atoms with Gasteiger partial charge in [-0.3, -0.25) is 4.90 Å². The molecule has 0 radical (unpaired) electrons. The Kier molecular flexibility index (Phi) is 2.93. The molecule has 2 N–H and O–H groups in total. The Hall–Kier alpha value is -0.860. The van der Waals surface area contributed by atoms with Crippen molar-refractivity contribution < 1.29 is 0 Å². The maximum atomic E-state index is 6.11. The maximum absolute atomic E-state index is 6.11. The number of nitrogens with two attached hydrogens (primary N) is 1. The van der Waals surface area contributed by atoms with Crippen molar-refractivity contribution >= 4 is 0 Å². The fourth-order valence-electron chi connectivity index (χ4n) is 3.39. The number of piperidine rings is 1. The Morgan fingerprint density at radius 2 is 2.06 bits per heavy atom. The van der Waals surface area contributed by atoms with Crippen LogP contribution in [0, 0.1) is 5.92 Å². The highest BCUT2D eigenvalue weighted by Crippen LogP contribution is 2.37. The summed E-state index contributed by atoms with van der Waals surface area (Å²) >= 11 is 0. The van der Waals surface area contributed by atoms with E-state index in [0.29, 0.717) is 18.0 Å². The van der Waals surface area contributed by atoms with E-state index in [4.69, 9.17) is 5.73 Å². The van der Waals surface area contributed by atoms with Crippen LogP contribution in [0.2, 0.25) is 0 Å². The third-order valence-electron chi connectivity index (χ3n) is 4.55. The van der Waals surface area contributed by atoms with Gasteiger partial charge in [0, 0.05) is 25.2 Å². The van der Waals surface area contributed by atoms with Gasteiger partial charge in [-0.1, -0.05) is 31.2 Å². The molecule has 17 heavy (non-hydrogen) atoms. The van der Waals surface area contributed by atoms with Crippen molar-refractivity contribution in [1.29, 1.82) is 0 Å². The first-order chi connectivity index (χ1) is 8.25. The van der Waals surface area contributed by atoms with E-state index in [1.54, 1.807) is 11.1 Å². The van der Waals surface area contributed by atoms with Gasteiger partial charge < -0.3 is 5.73 Å². The number of rotatable bonds is 1. The Morgan fingerprint density at radius 3 is 2.88 bits per heavy atom. The third kappa shape index (κ3) is 2.00. The minimum Gasteiger partial charge on any atom is -0.327 e. The highest BCUT2D eigenvalue weighted by Gasteiger charge is 2.32. The number of hydrogen-bond donors (Lipinski definition) is 1. The van der Waals surface area contributed by atoms with Crippen LogP contribution in [-0.4, -0.2) is 24.0 Å². The molecular formula is C15H22N2. The summed E-state index contributed by atoms with van der Waals surface area (Å²) in [5.41, 5.74) is 9.23. The van der Waals surface area contributed by atoms with E-state index >= 15 is 0 Å². The molecule has 2 nitrogen and oxygen atoms in total. The van der Waals surface area contributed by atoms with Crippen molar-refractivity contribution in [2.24, 2.45) is 11.7 Å². The van der Waals surface area contributed by atoms with E-state index in [1.165, 1.54) is 25.9 Å². The van der Waals surface area contributed by atoms with E-state index in [9.17, 15) is 0 Å². The molecule has 3 unspecified atom stereocenters. The quantitative estimate of drug-likeness (QED) is 0.802. The lowest BCUT2D eigenvalue weighted by Gasteiger charge is -2.39. The zero-order valence-electron chi connectivity index (χ0n) is 10.6. The number of fused-ring (bicyclic) bond motifs is 1. The monoisotopic (exact) mass is 230 g/mol. The van der Waals surface area contributed by atoms with Crippen molar-refractivity contribution in [1.82, 2.24) is 4.90 Å². The molecule has 1 aromatic carbocycles. The van der Waals surface area contributed by atoms with Crippen molar-refractivity contribution in [3.05, 3.63) is 35.4 Å². The second-order valence-electron chi connectivity index (χ2n) is 5.68. The van der Waals surface area contributed by atoms with Gasteiger partial charge in [-0.15, -0.1) is 0 Å². The van der Waals surface area contributed by atoms with E-state index < -0.39 is 0 Å². The van der Waals surface area contributed by atoms with E-state index in [0.717, 1.165) is 6.42 Å². The molecule has 0 amide bonds.